The number of hydrogen-bond donors (Lipinski definition) is 1. The minimum atomic E-state index is -0.298. The van der Waals surface area contributed by atoms with Gasteiger partial charge >= 0.3 is 0 Å². The van der Waals surface area contributed by atoms with Gasteiger partial charge in [0.15, 0.2) is 0 Å². The van der Waals surface area contributed by atoms with E-state index in [1.54, 1.807) is 29.2 Å². The van der Waals surface area contributed by atoms with E-state index in [4.69, 9.17) is 4.74 Å². The van der Waals surface area contributed by atoms with Crippen LogP contribution in [-0.2, 0) is 22.6 Å². The molecule has 0 radical (unpaired) electrons. The lowest BCUT2D eigenvalue weighted by molar-refractivity contribution is -0.135. The van der Waals surface area contributed by atoms with Crippen molar-refractivity contribution in [1.82, 2.24) is 4.90 Å². The fourth-order valence-corrected chi connectivity index (χ4v) is 2.96. The monoisotopic (exact) mass is 338 g/mol. The molecule has 1 aliphatic rings. The van der Waals surface area contributed by atoms with Crippen LogP contribution in [0.4, 0.5) is 5.69 Å². The van der Waals surface area contributed by atoms with E-state index in [1.165, 1.54) is 5.56 Å². The molecule has 0 atom stereocenters. The second-order valence-corrected chi connectivity index (χ2v) is 6.02. The predicted molar refractivity (Wildman–Crippen MR) is 96.4 cm³/mol. The summed E-state index contributed by atoms with van der Waals surface area (Å²) >= 11 is 0. The summed E-state index contributed by atoms with van der Waals surface area (Å²) in [4.78, 5) is 26.3. The summed E-state index contributed by atoms with van der Waals surface area (Å²) in [6.07, 6.45) is 0.692. The van der Waals surface area contributed by atoms with Gasteiger partial charge < -0.3 is 15.0 Å². The number of carbonyl (C=O) groups excluding carboxylic acids is 2. The maximum atomic E-state index is 12.4. The van der Waals surface area contributed by atoms with Crippen molar-refractivity contribution in [2.75, 3.05) is 18.5 Å². The molecule has 5 nitrogen and oxygen atoms in total. The zero-order valence-corrected chi connectivity index (χ0v) is 14.3. The van der Waals surface area contributed by atoms with E-state index in [0.29, 0.717) is 25.4 Å². The number of carbonyl (C=O) groups is 2. The Kier molecular flexibility index (Phi) is 5.33. The van der Waals surface area contributed by atoms with Crippen LogP contribution in [0, 0.1) is 0 Å². The number of nitrogens with zero attached hydrogens (tertiary/aromatic N) is 1. The minimum absolute atomic E-state index is 0.141. The Labute approximate surface area is 147 Å². The van der Waals surface area contributed by atoms with Crippen molar-refractivity contribution in [2.45, 2.75) is 26.3 Å². The molecule has 0 unspecified atom stereocenters. The molecule has 1 heterocycles. The zero-order chi connectivity index (χ0) is 17.6. The first-order chi connectivity index (χ1) is 12.2. The first kappa shape index (κ1) is 17.0. The number of hydrogen-bond acceptors (Lipinski definition) is 3. The van der Waals surface area contributed by atoms with E-state index in [2.05, 4.69) is 11.4 Å². The number of rotatable bonds is 5. The topological polar surface area (TPSA) is 58.6 Å². The third kappa shape index (κ3) is 4.38. The number of ether oxygens (including phenoxy) is 1. The van der Waals surface area contributed by atoms with Crippen molar-refractivity contribution < 1.29 is 14.3 Å². The molecule has 130 valence electrons. The Morgan fingerprint density at radius 3 is 2.52 bits per heavy atom. The van der Waals surface area contributed by atoms with E-state index in [9.17, 15) is 9.59 Å². The molecular weight excluding hydrogens is 316 g/mol. The quantitative estimate of drug-likeness (QED) is 0.853. The van der Waals surface area contributed by atoms with Gasteiger partial charge in [-0.05, 0) is 48.7 Å². The van der Waals surface area contributed by atoms with Crippen LogP contribution < -0.4 is 10.1 Å². The number of fused-ring (bicyclic) bond motifs is 1. The molecule has 25 heavy (non-hydrogen) atoms. The average Bonchev–Trinajstić information content (AvgIpc) is 2.63. The number of anilines is 1. The van der Waals surface area contributed by atoms with Gasteiger partial charge in [0.1, 0.15) is 12.2 Å². The van der Waals surface area contributed by atoms with Crippen LogP contribution in [0.2, 0.25) is 0 Å². The first-order valence-electron chi connectivity index (χ1n) is 8.53. The largest absolute Gasteiger partial charge is 0.494 e. The summed E-state index contributed by atoms with van der Waals surface area (Å²) in [7, 11) is 0. The first-order valence-corrected chi connectivity index (χ1v) is 8.53. The number of amides is 2. The van der Waals surface area contributed by atoms with Gasteiger partial charge in [-0.1, -0.05) is 24.3 Å². The molecule has 0 aromatic heterocycles. The van der Waals surface area contributed by atoms with Crippen LogP contribution in [0.5, 0.6) is 5.75 Å². The van der Waals surface area contributed by atoms with Gasteiger partial charge in [-0.3, -0.25) is 9.59 Å². The summed E-state index contributed by atoms with van der Waals surface area (Å²) in [6, 6.07) is 15.2. The van der Waals surface area contributed by atoms with Gasteiger partial charge in [0.2, 0.25) is 11.8 Å². The maximum absolute atomic E-state index is 12.4. The number of nitrogens with one attached hydrogen (secondary N) is 1. The lowest BCUT2D eigenvalue weighted by atomic mass is 10.00. The Hall–Kier alpha value is -2.82. The van der Waals surface area contributed by atoms with Crippen LogP contribution >= 0.6 is 0 Å². The molecule has 0 fully saturated rings. The Balaban J connectivity index is 1.53. The average molecular weight is 338 g/mol. The van der Waals surface area contributed by atoms with E-state index < -0.39 is 0 Å². The van der Waals surface area contributed by atoms with Gasteiger partial charge in [-0.2, -0.15) is 0 Å². The lowest BCUT2D eigenvalue weighted by Crippen LogP contribution is -2.37. The smallest absolute Gasteiger partial charge is 0.233 e. The minimum Gasteiger partial charge on any atom is -0.494 e. The highest BCUT2D eigenvalue weighted by Crippen LogP contribution is 2.19. The molecule has 0 saturated heterocycles. The van der Waals surface area contributed by atoms with Gasteiger partial charge in [-0.25, -0.2) is 0 Å². The zero-order valence-electron chi connectivity index (χ0n) is 14.3. The summed E-state index contributed by atoms with van der Waals surface area (Å²) in [5.74, 6) is 0.314. The maximum Gasteiger partial charge on any atom is 0.233 e. The lowest BCUT2D eigenvalue weighted by Gasteiger charge is -2.28. The van der Waals surface area contributed by atoms with E-state index >= 15 is 0 Å². The molecule has 2 amide bonds. The third-order valence-electron chi connectivity index (χ3n) is 4.24. The van der Waals surface area contributed by atoms with E-state index in [1.807, 2.05) is 25.1 Å². The van der Waals surface area contributed by atoms with Crippen molar-refractivity contribution in [3.8, 4) is 5.75 Å². The van der Waals surface area contributed by atoms with Gasteiger partial charge in [0.25, 0.3) is 0 Å². The van der Waals surface area contributed by atoms with Gasteiger partial charge in [0, 0.05) is 18.8 Å². The SMILES string of the molecule is CCOc1ccc(NC(=O)CC(=O)N2CCc3ccccc3C2)cc1. The standard InChI is InChI=1S/C20H22N2O3/c1-2-25-18-9-7-17(8-10-18)21-19(23)13-20(24)22-12-11-15-5-3-4-6-16(15)14-22/h3-10H,2,11-14H2,1H3,(H,21,23). The van der Waals surface area contributed by atoms with Gasteiger partial charge in [-0.15, -0.1) is 0 Å². The highest BCUT2D eigenvalue weighted by atomic mass is 16.5. The molecular formula is C20H22N2O3. The van der Waals surface area contributed by atoms with E-state index in [0.717, 1.165) is 17.7 Å². The second kappa shape index (κ2) is 7.83. The highest BCUT2D eigenvalue weighted by molar-refractivity contribution is 6.03. The van der Waals surface area contributed by atoms with Crippen molar-refractivity contribution in [1.29, 1.82) is 0 Å². The van der Waals surface area contributed by atoms with Crippen molar-refractivity contribution >= 4 is 17.5 Å². The summed E-state index contributed by atoms with van der Waals surface area (Å²) < 4.78 is 5.36. The van der Waals surface area contributed by atoms with Crippen LogP contribution in [0.3, 0.4) is 0 Å². The van der Waals surface area contributed by atoms with Crippen LogP contribution in [0.15, 0.2) is 48.5 Å². The fraction of sp³-hybridized carbons (Fsp3) is 0.300. The van der Waals surface area contributed by atoms with Crippen LogP contribution in [0.25, 0.3) is 0 Å². The molecule has 2 aromatic carbocycles. The van der Waals surface area contributed by atoms with Crippen molar-refractivity contribution in [2.24, 2.45) is 0 Å². The summed E-state index contributed by atoms with van der Waals surface area (Å²) in [5, 5.41) is 2.76. The Bertz CT molecular complexity index is 756. The molecule has 3 rings (SSSR count). The van der Waals surface area contributed by atoms with E-state index in [-0.39, 0.29) is 18.2 Å². The molecule has 2 aromatic rings. The Morgan fingerprint density at radius 1 is 1.08 bits per heavy atom. The summed E-state index contributed by atoms with van der Waals surface area (Å²) in [5.41, 5.74) is 3.10. The van der Waals surface area contributed by atoms with Crippen molar-refractivity contribution in [3.05, 3.63) is 59.7 Å². The summed E-state index contributed by atoms with van der Waals surface area (Å²) in [6.45, 7) is 3.75. The third-order valence-corrected chi connectivity index (χ3v) is 4.24. The molecule has 0 bridgehead atoms. The van der Waals surface area contributed by atoms with Gasteiger partial charge in [0.05, 0.1) is 6.61 Å². The molecule has 0 spiro atoms. The van der Waals surface area contributed by atoms with Crippen LogP contribution in [0.1, 0.15) is 24.5 Å². The predicted octanol–water partition coefficient (Wildman–Crippen LogP) is 3.00. The molecule has 0 saturated carbocycles. The molecule has 5 heteroatoms. The number of benzene rings is 2. The highest BCUT2D eigenvalue weighted by Gasteiger charge is 2.22. The second-order valence-electron chi connectivity index (χ2n) is 6.02. The molecule has 1 aliphatic heterocycles. The molecule has 0 aliphatic carbocycles. The van der Waals surface area contributed by atoms with Crippen LogP contribution in [-0.4, -0.2) is 29.9 Å². The molecule has 1 N–H and O–H groups in total. The fourth-order valence-electron chi connectivity index (χ4n) is 2.96. The normalized spacial score (nSPS) is 13.1. The van der Waals surface area contributed by atoms with Crippen molar-refractivity contribution in [3.63, 3.8) is 0 Å². The Morgan fingerprint density at radius 2 is 1.80 bits per heavy atom.